The summed E-state index contributed by atoms with van der Waals surface area (Å²) in [5.74, 6) is 1.24. The molecule has 6 nitrogen and oxygen atoms in total. The number of hydrogen-bond donors (Lipinski definition) is 0. The number of nitrogens with zero attached hydrogens (tertiary/aromatic N) is 2. The minimum atomic E-state index is -3.79. The predicted molar refractivity (Wildman–Crippen MR) is 139 cm³/mol. The lowest BCUT2D eigenvalue weighted by atomic mass is 9.99. The Kier molecular flexibility index (Phi) is 8.00. The summed E-state index contributed by atoms with van der Waals surface area (Å²) in [7, 11) is -4.90. The van der Waals surface area contributed by atoms with Crippen molar-refractivity contribution < 1.29 is 17.4 Å². The second-order valence-electron chi connectivity index (χ2n) is 9.63. The predicted octanol–water partition coefficient (Wildman–Crippen LogP) is 4.45. The number of aryl methyl sites for hydroxylation is 1. The van der Waals surface area contributed by atoms with E-state index in [4.69, 9.17) is 4.74 Å². The van der Waals surface area contributed by atoms with Gasteiger partial charge in [0.25, 0.3) is 10.0 Å². The van der Waals surface area contributed by atoms with Crippen molar-refractivity contribution in [2.45, 2.75) is 49.8 Å². The minimum absolute atomic E-state index is 0.163. The monoisotopic (exact) mass is 504 g/mol. The van der Waals surface area contributed by atoms with Crippen LogP contribution in [0.15, 0.2) is 52.3 Å². The van der Waals surface area contributed by atoms with Crippen molar-refractivity contribution >= 4 is 32.2 Å². The van der Waals surface area contributed by atoms with E-state index in [-0.39, 0.29) is 10.8 Å². The van der Waals surface area contributed by atoms with Crippen molar-refractivity contribution in [2.24, 2.45) is 11.8 Å². The first-order chi connectivity index (χ1) is 16.3. The standard InChI is InChI=1S/C26H36N2O4S2/c1-4-21-5-7-23(8-6-21)28(18-20(2)3)34(30,31)24-9-10-26-25(17-24)27(13-16-33(26)29)19-22-11-14-32-15-12-22/h5-10,17,20,22H,4,11-16,18-19H2,1-3H3. The lowest BCUT2D eigenvalue weighted by molar-refractivity contribution is 0.0682. The second-order valence-corrected chi connectivity index (χ2v) is 13.0. The molecule has 1 atom stereocenters. The van der Waals surface area contributed by atoms with Gasteiger partial charge in [0, 0.05) is 38.6 Å². The Balaban J connectivity index is 1.69. The van der Waals surface area contributed by atoms with Crippen LogP contribution in [-0.2, 0) is 32.0 Å². The first kappa shape index (κ1) is 25.2. The third-order valence-electron chi connectivity index (χ3n) is 6.63. The average Bonchev–Trinajstić information content (AvgIpc) is 2.84. The van der Waals surface area contributed by atoms with Gasteiger partial charge in [-0.05, 0) is 67.0 Å². The highest BCUT2D eigenvalue weighted by Crippen LogP contribution is 2.34. The Bertz CT molecular complexity index is 1110. The number of sulfonamides is 1. The first-order valence-electron chi connectivity index (χ1n) is 12.3. The number of rotatable bonds is 8. The van der Waals surface area contributed by atoms with E-state index in [0.717, 1.165) is 49.6 Å². The van der Waals surface area contributed by atoms with Gasteiger partial charge in [-0.25, -0.2) is 8.42 Å². The number of hydrogen-bond acceptors (Lipinski definition) is 5. The Labute approximate surface area is 206 Å². The zero-order valence-electron chi connectivity index (χ0n) is 20.4. The fraction of sp³-hybridized carbons (Fsp3) is 0.538. The highest BCUT2D eigenvalue weighted by atomic mass is 32.2. The topological polar surface area (TPSA) is 66.9 Å². The zero-order valence-corrected chi connectivity index (χ0v) is 22.0. The van der Waals surface area contributed by atoms with E-state index < -0.39 is 20.8 Å². The zero-order chi connectivity index (χ0) is 24.3. The molecule has 0 amide bonds. The van der Waals surface area contributed by atoms with Gasteiger partial charge in [-0.3, -0.25) is 8.51 Å². The Morgan fingerprint density at radius 1 is 1.12 bits per heavy atom. The normalized spacial score (nSPS) is 19.3. The molecule has 0 radical (unpaired) electrons. The van der Waals surface area contributed by atoms with Crippen LogP contribution in [0, 0.1) is 11.8 Å². The molecule has 2 aromatic rings. The summed E-state index contributed by atoms with van der Waals surface area (Å²) in [5.41, 5.74) is 2.64. The van der Waals surface area contributed by atoms with Gasteiger partial charge < -0.3 is 9.64 Å². The van der Waals surface area contributed by atoms with Gasteiger partial charge in [0.05, 0.1) is 32.0 Å². The smallest absolute Gasteiger partial charge is 0.264 e. The summed E-state index contributed by atoms with van der Waals surface area (Å²) in [6.45, 7) is 9.58. The van der Waals surface area contributed by atoms with Crippen molar-refractivity contribution in [1.29, 1.82) is 0 Å². The van der Waals surface area contributed by atoms with Crippen LogP contribution in [0.2, 0.25) is 0 Å². The van der Waals surface area contributed by atoms with E-state index in [2.05, 4.69) is 11.8 Å². The van der Waals surface area contributed by atoms with Crippen LogP contribution in [0.3, 0.4) is 0 Å². The van der Waals surface area contributed by atoms with E-state index in [1.54, 1.807) is 18.2 Å². The molecule has 1 unspecified atom stereocenters. The molecule has 34 heavy (non-hydrogen) atoms. The van der Waals surface area contributed by atoms with E-state index in [9.17, 15) is 12.6 Å². The molecule has 2 heterocycles. The summed E-state index contributed by atoms with van der Waals surface area (Å²) < 4.78 is 47.6. The minimum Gasteiger partial charge on any atom is -0.381 e. The lowest BCUT2D eigenvalue weighted by Gasteiger charge is -2.35. The highest BCUT2D eigenvalue weighted by molar-refractivity contribution is 7.92. The van der Waals surface area contributed by atoms with E-state index in [1.165, 1.54) is 9.87 Å². The molecule has 186 valence electrons. The number of anilines is 2. The van der Waals surface area contributed by atoms with Gasteiger partial charge >= 0.3 is 0 Å². The lowest BCUT2D eigenvalue weighted by Crippen LogP contribution is -2.39. The summed E-state index contributed by atoms with van der Waals surface area (Å²) in [4.78, 5) is 3.22. The van der Waals surface area contributed by atoms with Gasteiger partial charge in [-0.1, -0.05) is 32.9 Å². The molecule has 8 heteroatoms. The Hall–Kier alpha value is -1.90. The molecule has 1 fully saturated rings. The van der Waals surface area contributed by atoms with E-state index in [1.807, 2.05) is 38.1 Å². The molecule has 0 N–H and O–H groups in total. The molecule has 2 aliphatic heterocycles. The number of benzene rings is 2. The van der Waals surface area contributed by atoms with Gasteiger partial charge in [0.1, 0.15) is 0 Å². The first-order valence-corrected chi connectivity index (χ1v) is 15.0. The molecule has 4 rings (SSSR count). The summed E-state index contributed by atoms with van der Waals surface area (Å²) >= 11 is 0. The van der Waals surface area contributed by atoms with Crippen LogP contribution >= 0.6 is 0 Å². The van der Waals surface area contributed by atoms with E-state index >= 15 is 0 Å². The third-order valence-corrected chi connectivity index (χ3v) is 9.81. The molecule has 2 aliphatic rings. The molecular formula is C26H36N2O4S2. The van der Waals surface area contributed by atoms with Crippen molar-refractivity contribution in [3.05, 3.63) is 48.0 Å². The maximum absolute atomic E-state index is 13.9. The van der Waals surface area contributed by atoms with Crippen LogP contribution in [-0.4, -0.2) is 51.2 Å². The van der Waals surface area contributed by atoms with Gasteiger partial charge in [-0.15, -0.1) is 0 Å². The fourth-order valence-corrected chi connectivity index (χ4v) is 7.55. The van der Waals surface area contributed by atoms with Gasteiger partial charge in [-0.2, -0.15) is 0 Å². The van der Waals surface area contributed by atoms with Gasteiger partial charge in [0.15, 0.2) is 0 Å². The van der Waals surface area contributed by atoms with Crippen molar-refractivity contribution in [1.82, 2.24) is 0 Å². The Morgan fingerprint density at radius 3 is 2.47 bits per heavy atom. The molecule has 0 aliphatic carbocycles. The quantitative estimate of drug-likeness (QED) is 0.531. The van der Waals surface area contributed by atoms with Crippen LogP contribution in [0.1, 0.15) is 39.2 Å². The largest absolute Gasteiger partial charge is 0.381 e. The molecule has 0 saturated carbocycles. The van der Waals surface area contributed by atoms with Crippen molar-refractivity contribution in [3.63, 3.8) is 0 Å². The second kappa shape index (κ2) is 10.8. The molecule has 0 aromatic heterocycles. The maximum Gasteiger partial charge on any atom is 0.264 e. The third kappa shape index (κ3) is 5.50. The van der Waals surface area contributed by atoms with Gasteiger partial charge in [0.2, 0.25) is 0 Å². The summed E-state index contributed by atoms with van der Waals surface area (Å²) in [6, 6.07) is 12.9. The molecule has 0 bridgehead atoms. The number of fused-ring (bicyclic) bond motifs is 1. The summed E-state index contributed by atoms with van der Waals surface area (Å²) in [5, 5.41) is 0. The maximum atomic E-state index is 13.9. The summed E-state index contributed by atoms with van der Waals surface area (Å²) in [6.07, 6.45) is 2.91. The molecule has 2 aromatic carbocycles. The van der Waals surface area contributed by atoms with Crippen LogP contribution in [0.4, 0.5) is 11.4 Å². The number of ether oxygens (including phenoxy) is 1. The SMILES string of the molecule is CCc1ccc(N(CC(C)C)S(=O)(=O)c2ccc3c(c2)N(CC2CCOCC2)CCS3=O)cc1. The highest BCUT2D eigenvalue weighted by Gasteiger charge is 2.30. The Morgan fingerprint density at radius 2 is 1.82 bits per heavy atom. The van der Waals surface area contributed by atoms with Crippen molar-refractivity contribution in [3.8, 4) is 0 Å². The fourth-order valence-electron chi connectivity index (χ4n) is 4.65. The van der Waals surface area contributed by atoms with Crippen LogP contribution in [0.5, 0.6) is 0 Å². The average molecular weight is 505 g/mol. The van der Waals surface area contributed by atoms with Crippen LogP contribution in [0.25, 0.3) is 0 Å². The molecule has 1 saturated heterocycles. The van der Waals surface area contributed by atoms with Crippen molar-refractivity contribution in [2.75, 3.05) is 47.8 Å². The molecule has 0 spiro atoms. The van der Waals surface area contributed by atoms with Crippen LogP contribution < -0.4 is 9.21 Å². The van der Waals surface area contributed by atoms with E-state index in [0.29, 0.717) is 30.4 Å². The molecular weight excluding hydrogens is 468 g/mol.